The van der Waals surface area contributed by atoms with Crippen molar-refractivity contribution in [3.8, 4) is 0 Å². The molecule has 0 heterocycles. The van der Waals surface area contributed by atoms with Crippen LogP contribution < -0.4 is 5.32 Å². The van der Waals surface area contributed by atoms with Gasteiger partial charge in [0.1, 0.15) is 0 Å². The predicted octanol–water partition coefficient (Wildman–Crippen LogP) is 0.817. The summed E-state index contributed by atoms with van der Waals surface area (Å²) in [5.41, 5.74) is 0. The van der Waals surface area contributed by atoms with Gasteiger partial charge in [-0.1, -0.05) is 6.92 Å². The van der Waals surface area contributed by atoms with Crippen LogP contribution in [0.5, 0.6) is 0 Å². The molecule has 0 spiro atoms. The van der Waals surface area contributed by atoms with Gasteiger partial charge in [-0.05, 0) is 32.6 Å². The highest BCUT2D eigenvalue weighted by molar-refractivity contribution is 7.91. The molecule has 1 amide bonds. The van der Waals surface area contributed by atoms with Crippen molar-refractivity contribution in [2.45, 2.75) is 45.6 Å². The molecular weight excluding hydrogens is 282 g/mol. The van der Waals surface area contributed by atoms with Crippen molar-refractivity contribution in [3.63, 3.8) is 0 Å². The summed E-state index contributed by atoms with van der Waals surface area (Å²) in [6.45, 7) is 3.26. The van der Waals surface area contributed by atoms with Gasteiger partial charge in [0, 0.05) is 17.7 Å². The van der Waals surface area contributed by atoms with E-state index in [2.05, 4.69) is 5.32 Å². The number of nitrogens with one attached hydrogen (secondary N) is 1. The van der Waals surface area contributed by atoms with E-state index in [-0.39, 0.29) is 29.2 Å². The van der Waals surface area contributed by atoms with Crippen LogP contribution in [0.15, 0.2) is 0 Å². The highest BCUT2D eigenvalue weighted by Gasteiger charge is 2.30. The van der Waals surface area contributed by atoms with Crippen molar-refractivity contribution >= 4 is 21.7 Å². The van der Waals surface area contributed by atoms with Crippen LogP contribution in [0, 0.1) is 11.8 Å². The SMILES string of the molecule is CCS(=O)(=O)CC(C)NC(=O)C1CCC(C(=O)O)CC1. The molecule has 0 aromatic rings. The lowest BCUT2D eigenvalue weighted by Gasteiger charge is -2.26. The first-order valence-electron chi connectivity index (χ1n) is 6.98. The molecule has 116 valence electrons. The lowest BCUT2D eigenvalue weighted by atomic mass is 9.81. The number of amides is 1. The standard InChI is InChI=1S/C13H23NO5S/c1-3-20(18,19)8-9(2)14-12(15)10-4-6-11(7-5-10)13(16)17/h9-11H,3-8H2,1-2H3,(H,14,15)(H,16,17). The van der Waals surface area contributed by atoms with Crippen molar-refractivity contribution in [2.75, 3.05) is 11.5 Å². The summed E-state index contributed by atoms with van der Waals surface area (Å²) in [4.78, 5) is 22.8. The maximum atomic E-state index is 12.0. The van der Waals surface area contributed by atoms with Gasteiger partial charge in [-0.2, -0.15) is 0 Å². The Morgan fingerprint density at radius 1 is 1.20 bits per heavy atom. The number of carbonyl (C=O) groups is 2. The number of rotatable bonds is 6. The minimum absolute atomic E-state index is 0.0558. The molecule has 0 saturated heterocycles. The van der Waals surface area contributed by atoms with E-state index in [1.54, 1.807) is 13.8 Å². The topological polar surface area (TPSA) is 101 Å². The van der Waals surface area contributed by atoms with Crippen molar-refractivity contribution < 1.29 is 23.1 Å². The number of sulfone groups is 1. The zero-order chi connectivity index (χ0) is 15.3. The molecule has 1 aliphatic rings. The van der Waals surface area contributed by atoms with Gasteiger partial charge in [-0.3, -0.25) is 9.59 Å². The minimum atomic E-state index is -3.11. The number of carbonyl (C=O) groups excluding carboxylic acids is 1. The number of carboxylic acids is 1. The molecule has 20 heavy (non-hydrogen) atoms. The third-order valence-electron chi connectivity index (χ3n) is 3.78. The molecule has 0 aromatic heterocycles. The Balaban J connectivity index is 2.42. The highest BCUT2D eigenvalue weighted by atomic mass is 32.2. The van der Waals surface area contributed by atoms with E-state index in [9.17, 15) is 18.0 Å². The molecule has 6 nitrogen and oxygen atoms in total. The van der Waals surface area contributed by atoms with E-state index in [1.807, 2.05) is 0 Å². The van der Waals surface area contributed by atoms with Crippen LogP contribution in [-0.2, 0) is 19.4 Å². The van der Waals surface area contributed by atoms with Gasteiger partial charge in [0.15, 0.2) is 9.84 Å². The van der Waals surface area contributed by atoms with Crippen molar-refractivity contribution in [2.24, 2.45) is 11.8 Å². The number of hydrogen-bond donors (Lipinski definition) is 2. The number of hydrogen-bond acceptors (Lipinski definition) is 4. The predicted molar refractivity (Wildman–Crippen MR) is 75.0 cm³/mol. The smallest absolute Gasteiger partial charge is 0.306 e. The normalized spacial score (nSPS) is 24.9. The summed E-state index contributed by atoms with van der Waals surface area (Å²) in [5.74, 6) is -1.50. The first-order chi connectivity index (χ1) is 9.25. The molecule has 0 radical (unpaired) electrons. The highest BCUT2D eigenvalue weighted by Crippen LogP contribution is 2.29. The Morgan fingerprint density at radius 2 is 1.70 bits per heavy atom. The van der Waals surface area contributed by atoms with Crippen LogP contribution in [-0.4, -0.2) is 42.9 Å². The average Bonchev–Trinajstić information content (AvgIpc) is 2.38. The van der Waals surface area contributed by atoms with Gasteiger partial charge in [-0.15, -0.1) is 0 Å². The van der Waals surface area contributed by atoms with Gasteiger partial charge in [-0.25, -0.2) is 8.42 Å². The molecule has 1 aliphatic carbocycles. The quantitative estimate of drug-likeness (QED) is 0.756. The molecule has 0 aliphatic heterocycles. The Labute approximate surface area is 119 Å². The third-order valence-corrected chi connectivity index (χ3v) is 5.67. The second kappa shape index (κ2) is 7.06. The molecular formula is C13H23NO5S. The monoisotopic (exact) mass is 305 g/mol. The van der Waals surface area contributed by atoms with Crippen LogP contribution >= 0.6 is 0 Å². The lowest BCUT2D eigenvalue weighted by molar-refractivity contribution is -0.144. The molecule has 0 bridgehead atoms. The Hall–Kier alpha value is -1.11. The van der Waals surface area contributed by atoms with Gasteiger partial charge in [0.25, 0.3) is 0 Å². The number of aliphatic carboxylic acids is 1. The fourth-order valence-electron chi connectivity index (χ4n) is 2.50. The Bertz CT molecular complexity index is 451. The van der Waals surface area contributed by atoms with Crippen LogP contribution in [0.1, 0.15) is 39.5 Å². The summed E-state index contributed by atoms with van der Waals surface area (Å²) in [6.07, 6.45) is 2.12. The third kappa shape index (κ3) is 5.11. The molecule has 2 N–H and O–H groups in total. The fourth-order valence-corrected chi connectivity index (χ4v) is 3.58. The van der Waals surface area contributed by atoms with Gasteiger partial charge >= 0.3 is 5.97 Å². The summed E-state index contributed by atoms with van der Waals surface area (Å²) in [5, 5.41) is 11.6. The molecule has 1 atom stereocenters. The second-order valence-electron chi connectivity index (χ2n) is 5.50. The van der Waals surface area contributed by atoms with Crippen LogP contribution in [0.4, 0.5) is 0 Å². The first kappa shape index (κ1) is 16.9. The van der Waals surface area contributed by atoms with E-state index < -0.39 is 21.8 Å². The van der Waals surface area contributed by atoms with Crippen molar-refractivity contribution in [1.82, 2.24) is 5.32 Å². The molecule has 1 saturated carbocycles. The van der Waals surface area contributed by atoms with Crippen molar-refractivity contribution in [3.05, 3.63) is 0 Å². The number of carboxylic acid groups (broad SMARTS) is 1. The molecule has 0 aromatic carbocycles. The summed E-state index contributed by atoms with van der Waals surface area (Å²) in [7, 11) is -3.11. The summed E-state index contributed by atoms with van der Waals surface area (Å²) >= 11 is 0. The molecule has 1 unspecified atom stereocenters. The van der Waals surface area contributed by atoms with E-state index in [1.165, 1.54) is 0 Å². The molecule has 1 fully saturated rings. The lowest BCUT2D eigenvalue weighted by Crippen LogP contribution is -2.42. The van der Waals surface area contributed by atoms with Crippen LogP contribution in [0.2, 0.25) is 0 Å². The zero-order valence-electron chi connectivity index (χ0n) is 12.0. The van der Waals surface area contributed by atoms with E-state index in [0.717, 1.165) is 0 Å². The van der Waals surface area contributed by atoms with E-state index >= 15 is 0 Å². The maximum absolute atomic E-state index is 12.0. The van der Waals surface area contributed by atoms with E-state index in [4.69, 9.17) is 5.11 Å². The van der Waals surface area contributed by atoms with Gasteiger partial charge in [0.05, 0.1) is 11.7 Å². The zero-order valence-corrected chi connectivity index (χ0v) is 12.8. The second-order valence-corrected chi connectivity index (χ2v) is 7.89. The largest absolute Gasteiger partial charge is 0.481 e. The fraction of sp³-hybridized carbons (Fsp3) is 0.846. The molecule has 7 heteroatoms. The summed E-state index contributed by atoms with van der Waals surface area (Å²) in [6, 6.07) is -0.412. The molecule has 1 rings (SSSR count). The summed E-state index contributed by atoms with van der Waals surface area (Å²) < 4.78 is 22.9. The van der Waals surface area contributed by atoms with Crippen LogP contribution in [0.3, 0.4) is 0 Å². The maximum Gasteiger partial charge on any atom is 0.306 e. The van der Waals surface area contributed by atoms with Crippen LogP contribution in [0.25, 0.3) is 0 Å². The van der Waals surface area contributed by atoms with E-state index in [0.29, 0.717) is 25.7 Å². The minimum Gasteiger partial charge on any atom is -0.481 e. The Kier molecular flexibility index (Phi) is 5.98. The van der Waals surface area contributed by atoms with Gasteiger partial charge < -0.3 is 10.4 Å². The Morgan fingerprint density at radius 3 is 2.15 bits per heavy atom. The van der Waals surface area contributed by atoms with Crippen molar-refractivity contribution in [1.29, 1.82) is 0 Å². The first-order valence-corrected chi connectivity index (χ1v) is 8.81. The van der Waals surface area contributed by atoms with Gasteiger partial charge in [0.2, 0.25) is 5.91 Å². The average molecular weight is 305 g/mol.